The maximum atomic E-state index is 5.76. The van der Waals surface area contributed by atoms with Crippen molar-refractivity contribution < 1.29 is 9.47 Å². The second kappa shape index (κ2) is 11.6. The van der Waals surface area contributed by atoms with E-state index in [9.17, 15) is 0 Å². The van der Waals surface area contributed by atoms with E-state index < -0.39 is 0 Å². The van der Waals surface area contributed by atoms with Crippen molar-refractivity contribution in [2.75, 3.05) is 19.8 Å². The molecule has 0 aliphatic carbocycles. The lowest BCUT2D eigenvalue weighted by Gasteiger charge is -2.13. The number of hydrogen-bond acceptors (Lipinski definition) is 3. The fraction of sp³-hybridized carbons (Fsp3) is 0.667. The van der Waals surface area contributed by atoms with Crippen molar-refractivity contribution in [3.8, 4) is 5.75 Å². The summed E-state index contributed by atoms with van der Waals surface area (Å²) in [6.45, 7) is 6.33. The van der Waals surface area contributed by atoms with Gasteiger partial charge in [-0.1, -0.05) is 44.7 Å². The number of nitrogens with two attached hydrogens (primary N) is 1. The molecule has 0 spiro atoms. The molecule has 1 atom stereocenters. The molecule has 3 heteroatoms. The fourth-order valence-corrected chi connectivity index (χ4v) is 2.27. The van der Waals surface area contributed by atoms with Gasteiger partial charge in [0.15, 0.2) is 0 Å². The summed E-state index contributed by atoms with van der Waals surface area (Å²) < 4.78 is 11.4. The summed E-state index contributed by atoms with van der Waals surface area (Å²) in [7, 11) is 0. The second-order valence-electron chi connectivity index (χ2n) is 5.56. The molecule has 1 aromatic carbocycles. The minimum Gasteiger partial charge on any atom is -0.491 e. The van der Waals surface area contributed by atoms with Gasteiger partial charge in [0.05, 0.1) is 12.7 Å². The Kier molecular flexibility index (Phi) is 9.92. The van der Waals surface area contributed by atoms with Crippen LogP contribution in [0.1, 0.15) is 51.5 Å². The Hall–Kier alpha value is -1.06. The second-order valence-corrected chi connectivity index (χ2v) is 5.56. The maximum Gasteiger partial charge on any atom is 0.119 e. The van der Waals surface area contributed by atoms with E-state index in [1.165, 1.54) is 31.2 Å². The Morgan fingerprint density at radius 3 is 2.48 bits per heavy atom. The Morgan fingerprint density at radius 1 is 1.05 bits per heavy atom. The van der Waals surface area contributed by atoms with Gasteiger partial charge >= 0.3 is 0 Å². The van der Waals surface area contributed by atoms with Crippen molar-refractivity contribution in [1.29, 1.82) is 0 Å². The highest BCUT2D eigenvalue weighted by molar-refractivity contribution is 5.27. The minimum atomic E-state index is 0.331. The van der Waals surface area contributed by atoms with E-state index in [1.54, 1.807) is 0 Å². The molecule has 0 radical (unpaired) electrons. The van der Waals surface area contributed by atoms with Crippen LogP contribution in [-0.2, 0) is 11.2 Å². The molecule has 0 bridgehead atoms. The van der Waals surface area contributed by atoms with Crippen LogP contribution in [0.25, 0.3) is 0 Å². The molecule has 0 aliphatic rings. The van der Waals surface area contributed by atoms with E-state index in [0.717, 1.165) is 18.6 Å². The first kappa shape index (κ1) is 18.0. The normalized spacial score (nSPS) is 12.3. The van der Waals surface area contributed by atoms with Crippen LogP contribution in [0.3, 0.4) is 0 Å². The lowest BCUT2D eigenvalue weighted by atomic mass is 10.1. The molecule has 1 unspecified atom stereocenters. The predicted octanol–water partition coefficient (Wildman–Crippen LogP) is 3.94. The van der Waals surface area contributed by atoms with E-state index >= 15 is 0 Å². The quantitative estimate of drug-likeness (QED) is 0.594. The van der Waals surface area contributed by atoms with Crippen LogP contribution in [0.5, 0.6) is 5.75 Å². The molecule has 0 saturated carbocycles. The molecule has 21 heavy (non-hydrogen) atoms. The third kappa shape index (κ3) is 8.74. The van der Waals surface area contributed by atoms with Crippen LogP contribution in [0.15, 0.2) is 24.3 Å². The Bertz CT molecular complexity index is 351. The molecule has 0 amide bonds. The Labute approximate surface area is 129 Å². The zero-order valence-electron chi connectivity index (χ0n) is 13.6. The molecule has 0 saturated heterocycles. The first-order valence-corrected chi connectivity index (χ1v) is 8.29. The summed E-state index contributed by atoms with van der Waals surface area (Å²) in [5.74, 6) is 0.898. The van der Waals surface area contributed by atoms with Gasteiger partial charge in [-0.15, -0.1) is 0 Å². The Morgan fingerprint density at radius 2 is 1.81 bits per heavy atom. The van der Waals surface area contributed by atoms with Gasteiger partial charge in [0.1, 0.15) is 12.4 Å². The van der Waals surface area contributed by atoms with Crippen LogP contribution < -0.4 is 10.5 Å². The van der Waals surface area contributed by atoms with Crippen molar-refractivity contribution in [2.45, 2.75) is 58.5 Å². The number of benzene rings is 1. The number of unbranched alkanes of at least 4 members (excludes halogenated alkanes) is 3. The summed E-state index contributed by atoms with van der Waals surface area (Å²) in [5.41, 5.74) is 6.78. The van der Waals surface area contributed by atoms with Crippen molar-refractivity contribution in [3.63, 3.8) is 0 Å². The molecular formula is C18H31NO2. The van der Waals surface area contributed by atoms with Crippen molar-refractivity contribution in [1.82, 2.24) is 0 Å². The van der Waals surface area contributed by atoms with Crippen LogP contribution in [0, 0.1) is 0 Å². The lowest BCUT2D eigenvalue weighted by Crippen LogP contribution is -2.14. The predicted molar refractivity (Wildman–Crippen MR) is 88.9 cm³/mol. The van der Waals surface area contributed by atoms with Gasteiger partial charge in [0.2, 0.25) is 0 Å². The average Bonchev–Trinajstić information content (AvgIpc) is 2.50. The van der Waals surface area contributed by atoms with Gasteiger partial charge in [-0.25, -0.2) is 0 Å². The third-order valence-electron chi connectivity index (χ3n) is 3.57. The van der Waals surface area contributed by atoms with Gasteiger partial charge < -0.3 is 15.2 Å². The molecule has 0 aliphatic heterocycles. The van der Waals surface area contributed by atoms with Gasteiger partial charge in [-0.2, -0.15) is 0 Å². The third-order valence-corrected chi connectivity index (χ3v) is 3.57. The number of ether oxygens (including phenoxy) is 2. The monoisotopic (exact) mass is 293 g/mol. The lowest BCUT2D eigenvalue weighted by molar-refractivity contribution is 0.0384. The molecule has 1 rings (SSSR count). The topological polar surface area (TPSA) is 44.5 Å². The highest BCUT2D eigenvalue weighted by Crippen LogP contribution is 2.12. The molecule has 3 nitrogen and oxygen atoms in total. The minimum absolute atomic E-state index is 0.331. The fourth-order valence-electron chi connectivity index (χ4n) is 2.27. The van der Waals surface area contributed by atoms with Gasteiger partial charge in [0.25, 0.3) is 0 Å². The molecule has 0 aromatic heterocycles. The summed E-state index contributed by atoms with van der Waals surface area (Å²) >= 11 is 0. The highest BCUT2D eigenvalue weighted by Gasteiger charge is 2.02. The van der Waals surface area contributed by atoms with Gasteiger partial charge in [0, 0.05) is 0 Å². The van der Waals surface area contributed by atoms with E-state index in [1.807, 2.05) is 12.1 Å². The van der Waals surface area contributed by atoms with Crippen LogP contribution in [0.4, 0.5) is 0 Å². The van der Waals surface area contributed by atoms with E-state index in [4.69, 9.17) is 15.2 Å². The van der Waals surface area contributed by atoms with Crippen molar-refractivity contribution in [3.05, 3.63) is 29.8 Å². The SMILES string of the molecule is CCCCCCC(C)OCCOc1ccc(CCN)cc1. The van der Waals surface area contributed by atoms with Crippen molar-refractivity contribution in [2.24, 2.45) is 5.73 Å². The van der Waals surface area contributed by atoms with Crippen molar-refractivity contribution >= 4 is 0 Å². The molecule has 0 fully saturated rings. The molecule has 2 N–H and O–H groups in total. The maximum absolute atomic E-state index is 5.76. The molecule has 1 aromatic rings. The van der Waals surface area contributed by atoms with Crippen LogP contribution >= 0.6 is 0 Å². The van der Waals surface area contributed by atoms with E-state index in [0.29, 0.717) is 25.9 Å². The average molecular weight is 293 g/mol. The summed E-state index contributed by atoms with van der Waals surface area (Å²) in [6.07, 6.45) is 7.59. The Balaban J connectivity index is 2.07. The summed E-state index contributed by atoms with van der Waals surface area (Å²) in [5, 5.41) is 0. The standard InChI is InChI=1S/C18H31NO2/c1-3-4-5-6-7-16(2)20-14-15-21-18-10-8-17(9-11-18)12-13-19/h8-11,16H,3-7,12-15,19H2,1-2H3. The zero-order chi connectivity index (χ0) is 15.3. The highest BCUT2D eigenvalue weighted by atomic mass is 16.5. The van der Waals surface area contributed by atoms with Crippen LogP contribution in [0.2, 0.25) is 0 Å². The summed E-state index contributed by atoms with van der Waals surface area (Å²) in [6, 6.07) is 8.14. The zero-order valence-corrected chi connectivity index (χ0v) is 13.6. The molecule has 120 valence electrons. The largest absolute Gasteiger partial charge is 0.491 e. The molecule has 0 heterocycles. The number of hydrogen-bond donors (Lipinski definition) is 1. The van der Waals surface area contributed by atoms with Gasteiger partial charge in [-0.3, -0.25) is 0 Å². The molecular weight excluding hydrogens is 262 g/mol. The first-order chi connectivity index (χ1) is 10.3. The van der Waals surface area contributed by atoms with Gasteiger partial charge in [-0.05, 0) is 44.0 Å². The van der Waals surface area contributed by atoms with Crippen LogP contribution in [-0.4, -0.2) is 25.9 Å². The van der Waals surface area contributed by atoms with E-state index in [-0.39, 0.29) is 0 Å². The summed E-state index contributed by atoms with van der Waals surface area (Å²) in [4.78, 5) is 0. The van der Waals surface area contributed by atoms with E-state index in [2.05, 4.69) is 26.0 Å². The first-order valence-electron chi connectivity index (χ1n) is 8.29. The smallest absolute Gasteiger partial charge is 0.119 e. The number of rotatable bonds is 12.